The number of rotatable bonds is 8. The van der Waals surface area contributed by atoms with Crippen molar-refractivity contribution in [2.45, 2.75) is 32.2 Å². The molecule has 2 aromatic rings. The molecule has 0 radical (unpaired) electrons. The Balaban J connectivity index is 1.91. The standard InChI is InChI=1S/C16H24N4O/c1-14(19(2)10-4-3-5-11-21)15-6-8-16(9-7-15)20-13-17-12-18-20/h6-9,12-14,21H,3-5,10-11H2,1-2H3. The maximum Gasteiger partial charge on any atom is 0.138 e. The van der Waals surface area contributed by atoms with E-state index >= 15 is 0 Å². The van der Waals surface area contributed by atoms with Crippen LogP contribution in [0.1, 0.15) is 37.8 Å². The fourth-order valence-corrected chi connectivity index (χ4v) is 2.35. The van der Waals surface area contributed by atoms with Gasteiger partial charge in [0.15, 0.2) is 0 Å². The van der Waals surface area contributed by atoms with E-state index in [1.165, 1.54) is 11.9 Å². The van der Waals surface area contributed by atoms with Gasteiger partial charge in [0, 0.05) is 12.6 Å². The summed E-state index contributed by atoms with van der Waals surface area (Å²) in [5.74, 6) is 0. The van der Waals surface area contributed by atoms with Crippen LogP contribution in [0.5, 0.6) is 0 Å². The van der Waals surface area contributed by atoms with Crippen molar-refractivity contribution in [2.24, 2.45) is 0 Å². The molecule has 21 heavy (non-hydrogen) atoms. The zero-order chi connectivity index (χ0) is 15.1. The van der Waals surface area contributed by atoms with Gasteiger partial charge in [-0.15, -0.1) is 0 Å². The molecule has 1 aromatic heterocycles. The van der Waals surface area contributed by atoms with Crippen LogP contribution in [0, 0.1) is 0 Å². The molecule has 0 aliphatic carbocycles. The van der Waals surface area contributed by atoms with Crippen LogP contribution in [0.4, 0.5) is 0 Å². The van der Waals surface area contributed by atoms with Gasteiger partial charge in [-0.1, -0.05) is 12.1 Å². The third-order valence-electron chi connectivity index (χ3n) is 3.89. The molecule has 0 aliphatic rings. The Morgan fingerprint density at radius 2 is 1.95 bits per heavy atom. The van der Waals surface area contributed by atoms with Crippen LogP contribution in [0.15, 0.2) is 36.9 Å². The predicted molar refractivity (Wildman–Crippen MR) is 83.3 cm³/mol. The number of benzene rings is 1. The molecule has 0 bridgehead atoms. The predicted octanol–water partition coefficient (Wildman–Crippen LogP) is 2.42. The van der Waals surface area contributed by atoms with E-state index in [1.54, 1.807) is 11.0 Å². The number of aromatic nitrogens is 3. The van der Waals surface area contributed by atoms with Crippen LogP contribution >= 0.6 is 0 Å². The molecule has 0 saturated heterocycles. The second kappa shape index (κ2) is 7.90. The zero-order valence-corrected chi connectivity index (χ0v) is 12.8. The summed E-state index contributed by atoms with van der Waals surface area (Å²) in [5.41, 5.74) is 2.32. The van der Waals surface area contributed by atoms with Gasteiger partial charge in [0.1, 0.15) is 12.7 Å². The van der Waals surface area contributed by atoms with Gasteiger partial charge in [-0.25, -0.2) is 9.67 Å². The van der Waals surface area contributed by atoms with Gasteiger partial charge >= 0.3 is 0 Å². The van der Waals surface area contributed by atoms with E-state index in [-0.39, 0.29) is 0 Å². The quantitative estimate of drug-likeness (QED) is 0.758. The topological polar surface area (TPSA) is 54.2 Å². The summed E-state index contributed by atoms with van der Waals surface area (Å²) in [4.78, 5) is 6.31. The van der Waals surface area contributed by atoms with E-state index in [4.69, 9.17) is 5.11 Å². The second-order valence-corrected chi connectivity index (χ2v) is 5.37. The van der Waals surface area contributed by atoms with Crippen molar-refractivity contribution in [3.63, 3.8) is 0 Å². The maximum absolute atomic E-state index is 8.80. The number of unbranched alkanes of at least 4 members (excludes halogenated alkanes) is 2. The molecule has 0 fully saturated rings. The SMILES string of the molecule is CC(c1ccc(-n2cncn2)cc1)N(C)CCCCCO. The Hall–Kier alpha value is -1.72. The van der Waals surface area contributed by atoms with Crippen LogP contribution in [0.2, 0.25) is 0 Å². The largest absolute Gasteiger partial charge is 0.396 e. The Labute approximate surface area is 126 Å². The summed E-state index contributed by atoms with van der Waals surface area (Å²) in [7, 11) is 2.15. The lowest BCUT2D eigenvalue weighted by Crippen LogP contribution is -2.23. The van der Waals surface area contributed by atoms with Gasteiger partial charge in [0.05, 0.1) is 5.69 Å². The first-order valence-corrected chi connectivity index (χ1v) is 7.48. The average molecular weight is 288 g/mol. The summed E-state index contributed by atoms with van der Waals surface area (Å²) in [6.07, 6.45) is 6.34. The van der Waals surface area contributed by atoms with E-state index in [0.29, 0.717) is 12.6 Å². The van der Waals surface area contributed by atoms with E-state index in [1.807, 2.05) is 0 Å². The van der Waals surface area contributed by atoms with Crippen molar-refractivity contribution in [3.8, 4) is 5.69 Å². The Morgan fingerprint density at radius 1 is 1.19 bits per heavy atom. The lowest BCUT2D eigenvalue weighted by atomic mass is 10.1. The molecular weight excluding hydrogens is 264 g/mol. The van der Waals surface area contributed by atoms with Crippen molar-refractivity contribution >= 4 is 0 Å². The van der Waals surface area contributed by atoms with Gasteiger partial charge in [0.2, 0.25) is 0 Å². The number of hydrogen-bond acceptors (Lipinski definition) is 4. The van der Waals surface area contributed by atoms with E-state index in [2.05, 4.69) is 53.2 Å². The molecule has 1 aromatic carbocycles. The van der Waals surface area contributed by atoms with E-state index in [0.717, 1.165) is 31.5 Å². The van der Waals surface area contributed by atoms with Crippen molar-refractivity contribution in [1.29, 1.82) is 0 Å². The highest BCUT2D eigenvalue weighted by Crippen LogP contribution is 2.20. The zero-order valence-electron chi connectivity index (χ0n) is 12.8. The van der Waals surface area contributed by atoms with Gasteiger partial charge in [-0.05, 0) is 57.5 Å². The van der Waals surface area contributed by atoms with Crippen LogP contribution in [0.25, 0.3) is 5.69 Å². The first-order chi connectivity index (χ1) is 10.2. The lowest BCUT2D eigenvalue weighted by Gasteiger charge is -2.25. The average Bonchev–Trinajstić information content (AvgIpc) is 3.05. The Kier molecular flexibility index (Phi) is 5.90. The molecule has 1 atom stereocenters. The van der Waals surface area contributed by atoms with Crippen molar-refractivity contribution in [1.82, 2.24) is 19.7 Å². The number of aliphatic hydroxyl groups is 1. The van der Waals surface area contributed by atoms with Crippen LogP contribution in [0.3, 0.4) is 0 Å². The summed E-state index contributed by atoms with van der Waals surface area (Å²) in [6.45, 7) is 3.56. The minimum Gasteiger partial charge on any atom is -0.396 e. The van der Waals surface area contributed by atoms with E-state index < -0.39 is 0 Å². The molecule has 0 spiro atoms. The monoisotopic (exact) mass is 288 g/mol. The fourth-order valence-electron chi connectivity index (χ4n) is 2.35. The molecule has 1 heterocycles. The highest BCUT2D eigenvalue weighted by Gasteiger charge is 2.11. The smallest absolute Gasteiger partial charge is 0.138 e. The molecule has 1 unspecified atom stereocenters. The third-order valence-corrected chi connectivity index (χ3v) is 3.89. The molecular formula is C16H24N4O. The van der Waals surface area contributed by atoms with Crippen LogP contribution < -0.4 is 0 Å². The molecule has 0 aliphatic heterocycles. The molecule has 1 N–H and O–H groups in total. The van der Waals surface area contributed by atoms with Crippen molar-refractivity contribution < 1.29 is 5.11 Å². The summed E-state index contributed by atoms with van der Waals surface area (Å²) in [5, 5.41) is 12.9. The summed E-state index contributed by atoms with van der Waals surface area (Å²) in [6, 6.07) is 8.81. The Morgan fingerprint density at radius 3 is 2.57 bits per heavy atom. The fraction of sp³-hybridized carbons (Fsp3) is 0.500. The van der Waals surface area contributed by atoms with Gasteiger partial charge in [0.25, 0.3) is 0 Å². The summed E-state index contributed by atoms with van der Waals surface area (Å²) >= 11 is 0. The highest BCUT2D eigenvalue weighted by atomic mass is 16.2. The lowest BCUT2D eigenvalue weighted by molar-refractivity contribution is 0.244. The normalized spacial score (nSPS) is 12.8. The van der Waals surface area contributed by atoms with Gasteiger partial charge in [-0.3, -0.25) is 4.90 Å². The van der Waals surface area contributed by atoms with Crippen LogP contribution in [-0.2, 0) is 0 Å². The van der Waals surface area contributed by atoms with E-state index in [9.17, 15) is 0 Å². The maximum atomic E-state index is 8.80. The minimum absolute atomic E-state index is 0.295. The first kappa shape index (κ1) is 15.7. The molecule has 2 rings (SSSR count). The molecule has 0 amide bonds. The Bertz CT molecular complexity index is 510. The molecule has 0 saturated carbocycles. The van der Waals surface area contributed by atoms with Crippen LogP contribution in [-0.4, -0.2) is 45.0 Å². The van der Waals surface area contributed by atoms with Gasteiger partial charge < -0.3 is 5.11 Å². The number of nitrogens with zero attached hydrogens (tertiary/aromatic N) is 4. The highest BCUT2D eigenvalue weighted by molar-refractivity contribution is 5.34. The molecule has 5 heteroatoms. The summed E-state index contributed by atoms with van der Waals surface area (Å²) < 4.78 is 1.76. The number of aliphatic hydroxyl groups excluding tert-OH is 1. The van der Waals surface area contributed by atoms with Crippen molar-refractivity contribution in [3.05, 3.63) is 42.5 Å². The molecule has 114 valence electrons. The number of hydrogen-bond donors (Lipinski definition) is 1. The molecule has 5 nitrogen and oxygen atoms in total. The third kappa shape index (κ3) is 4.37. The minimum atomic E-state index is 0.295. The first-order valence-electron chi connectivity index (χ1n) is 7.48. The van der Waals surface area contributed by atoms with Gasteiger partial charge in [-0.2, -0.15) is 5.10 Å². The second-order valence-electron chi connectivity index (χ2n) is 5.37. The van der Waals surface area contributed by atoms with Crippen molar-refractivity contribution in [2.75, 3.05) is 20.2 Å².